The molecule has 0 saturated carbocycles. The highest BCUT2D eigenvalue weighted by atomic mass is 32.1. The molecule has 1 atom stereocenters. The Morgan fingerprint density at radius 1 is 1.33 bits per heavy atom. The number of carboxylic acid groups (broad SMARTS) is 1. The van der Waals surface area contributed by atoms with Crippen molar-refractivity contribution >= 4 is 34.6 Å². The first-order valence-corrected chi connectivity index (χ1v) is 7.91. The number of aromatic nitrogens is 2. The van der Waals surface area contributed by atoms with Crippen LogP contribution < -0.4 is 11.1 Å². The minimum absolute atomic E-state index is 0.0185. The zero-order valence-electron chi connectivity index (χ0n) is 11.2. The Hall–Kier alpha value is -1.84. The number of nitrogens with one attached hydrogen (secondary N) is 1. The second-order valence-electron chi connectivity index (χ2n) is 4.24. The molecule has 21 heavy (non-hydrogen) atoms. The highest BCUT2D eigenvalue weighted by Crippen LogP contribution is 2.19. The highest BCUT2D eigenvalue weighted by molar-refractivity contribution is 7.10. The fourth-order valence-corrected chi connectivity index (χ4v) is 3.16. The lowest BCUT2D eigenvalue weighted by molar-refractivity contribution is 0.0691. The van der Waals surface area contributed by atoms with Gasteiger partial charge in [-0.15, -0.1) is 22.7 Å². The van der Waals surface area contributed by atoms with Crippen LogP contribution in [-0.4, -0.2) is 33.5 Å². The summed E-state index contributed by atoms with van der Waals surface area (Å²) in [6.07, 6.45) is 0.641. The van der Waals surface area contributed by atoms with E-state index >= 15 is 0 Å². The average molecular weight is 326 g/mol. The molecule has 2 aromatic rings. The van der Waals surface area contributed by atoms with Crippen molar-refractivity contribution in [2.24, 2.45) is 5.73 Å². The summed E-state index contributed by atoms with van der Waals surface area (Å²) in [7, 11) is 0. The molecule has 0 bridgehead atoms. The quantitative estimate of drug-likeness (QED) is 0.736. The lowest BCUT2D eigenvalue weighted by Gasteiger charge is -2.09. The molecule has 0 aliphatic rings. The van der Waals surface area contributed by atoms with Gasteiger partial charge >= 0.3 is 5.97 Å². The highest BCUT2D eigenvalue weighted by Gasteiger charge is 2.18. The third-order valence-electron chi connectivity index (χ3n) is 2.60. The van der Waals surface area contributed by atoms with E-state index in [0.29, 0.717) is 23.7 Å². The van der Waals surface area contributed by atoms with E-state index < -0.39 is 5.97 Å². The summed E-state index contributed by atoms with van der Waals surface area (Å²) in [6.45, 7) is 2.23. The molecule has 0 aromatic carbocycles. The largest absolute Gasteiger partial charge is 0.476 e. The molecule has 9 heteroatoms. The molecule has 2 rings (SSSR count). The van der Waals surface area contributed by atoms with Crippen molar-refractivity contribution in [1.82, 2.24) is 15.3 Å². The molecule has 1 amide bonds. The van der Waals surface area contributed by atoms with Gasteiger partial charge in [-0.2, -0.15) is 0 Å². The van der Waals surface area contributed by atoms with Gasteiger partial charge in [0.2, 0.25) is 0 Å². The van der Waals surface area contributed by atoms with Crippen molar-refractivity contribution < 1.29 is 14.7 Å². The molecule has 7 nitrogen and oxygen atoms in total. The van der Waals surface area contributed by atoms with E-state index in [9.17, 15) is 9.59 Å². The zero-order chi connectivity index (χ0) is 15.4. The normalized spacial score (nSPS) is 12.1. The van der Waals surface area contributed by atoms with Crippen molar-refractivity contribution in [2.45, 2.75) is 19.4 Å². The summed E-state index contributed by atoms with van der Waals surface area (Å²) in [4.78, 5) is 31.0. The molecule has 0 spiro atoms. The average Bonchev–Trinajstić information content (AvgIpc) is 3.07. The van der Waals surface area contributed by atoms with Gasteiger partial charge in [0.15, 0.2) is 5.69 Å². The van der Waals surface area contributed by atoms with Gasteiger partial charge in [-0.25, -0.2) is 14.8 Å². The maximum Gasteiger partial charge on any atom is 0.355 e. The predicted octanol–water partition coefficient (Wildman–Crippen LogP) is 1.29. The lowest BCUT2D eigenvalue weighted by atomic mass is 10.3. The molecule has 4 N–H and O–H groups in total. The van der Waals surface area contributed by atoms with Gasteiger partial charge in [0.25, 0.3) is 5.91 Å². The molecule has 2 aromatic heterocycles. The summed E-state index contributed by atoms with van der Waals surface area (Å²) < 4.78 is 0. The topological polar surface area (TPSA) is 118 Å². The van der Waals surface area contributed by atoms with Crippen LogP contribution in [0.25, 0.3) is 0 Å². The molecule has 0 aliphatic carbocycles. The number of hydrogen-bond acceptors (Lipinski definition) is 7. The Bertz CT molecular complexity index is 652. The fourth-order valence-electron chi connectivity index (χ4n) is 1.57. The van der Waals surface area contributed by atoms with Crippen LogP contribution in [0.1, 0.15) is 44.0 Å². The van der Waals surface area contributed by atoms with E-state index in [1.54, 1.807) is 12.3 Å². The summed E-state index contributed by atoms with van der Waals surface area (Å²) in [5, 5.41) is 16.1. The van der Waals surface area contributed by atoms with Gasteiger partial charge in [0, 0.05) is 17.2 Å². The van der Waals surface area contributed by atoms with Crippen molar-refractivity contribution in [3.05, 3.63) is 32.2 Å². The van der Waals surface area contributed by atoms with E-state index in [1.165, 1.54) is 28.1 Å². The van der Waals surface area contributed by atoms with Crippen LogP contribution in [0.5, 0.6) is 0 Å². The number of rotatable bonds is 6. The molecule has 2 heterocycles. The second-order valence-corrected chi connectivity index (χ2v) is 6.07. The Labute approximate surface area is 128 Å². The zero-order valence-corrected chi connectivity index (χ0v) is 12.8. The summed E-state index contributed by atoms with van der Waals surface area (Å²) >= 11 is 2.59. The number of aromatic carboxylic acids is 1. The van der Waals surface area contributed by atoms with Crippen molar-refractivity contribution in [3.63, 3.8) is 0 Å². The summed E-state index contributed by atoms with van der Waals surface area (Å²) in [6, 6.07) is -0.379. The van der Waals surface area contributed by atoms with E-state index in [4.69, 9.17) is 10.8 Å². The molecule has 0 radical (unpaired) electrons. The van der Waals surface area contributed by atoms with Crippen LogP contribution >= 0.6 is 22.7 Å². The van der Waals surface area contributed by atoms with Crippen LogP contribution in [0.2, 0.25) is 0 Å². The number of thiazole rings is 2. The smallest absolute Gasteiger partial charge is 0.355 e. The molecular weight excluding hydrogens is 312 g/mol. The van der Waals surface area contributed by atoms with Gasteiger partial charge in [-0.1, -0.05) is 0 Å². The predicted molar refractivity (Wildman–Crippen MR) is 79.8 cm³/mol. The third-order valence-corrected chi connectivity index (χ3v) is 4.54. The maximum absolute atomic E-state index is 12.0. The first kappa shape index (κ1) is 15.5. The Morgan fingerprint density at radius 2 is 2.05 bits per heavy atom. The van der Waals surface area contributed by atoms with Gasteiger partial charge in [-0.3, -0.25) is 4.79 Å². The van der Waals surface area contributed by atoms with Crippen LogP contribution in [-0.2, 0) is 6.42 Å². The minimum atomic E-state index is -1.08. The number of carboxylic acids is 1. The van der Waals surface area contributed by atoms with Crippen molar-refractivity contribution in [1.29, 1.82) is 0 Å². The third kappa shape index (κ3) is 3.84. The Morgan fingerprint density at radius 3 is 2.67 bits per heavy atom. The monoisotopic (exact) mass is 326 g/mol. The SMILES string of the molecule is CC(NC(=O)c1csc(CCN)n1)c1nc(C(=O)O)cs1. The lowest BCUT2D eigenvalue weighted by Crippen LogP contribution is -2.27. The van der Waals surface area contributed by atoms with Gasteiger partial charge in [0.05, 0.1) is 11.0 Å². The van der Waals surface area contributed by atoms with Gasteiger partial charge in [-0.05, 0) is 13.5 Å². The molecule has 1 unspecified atom stereocenters. The van der Waals surface area contributed by atoms with E-state index in [1.807, 2.05) is 0 Å². The van der Waals surface area contributed by atoms with E-state index in [2.05, 4.69) is 15.3 Å². The van der Waals surface area contributed by atoms with E-state index in [-0.39, 0.29) is 17.6 Å². The number of carbonyl (C=O) groups is 2. The molecule has 0 saturated heterocycles. The van der Waals surface area contributed by atoms with Crippen molar-refractivity contribution in [2.75, 3.05) is 6.54 Å². The van der Waals surface area contributed by atoms with Crippen LogP contribution in [0.4, 0.5) is 0 Å². The number of amides is 1. The van der Waals surface area contributed by atoms with Gasteiger partial charge < -0.3 is 16.2 Å². The molecule has 112 valence electrons. The minimum Gasteiger partial charge on any atom is -0.476 e. The fraction of sp³-hybridized carbons (Fsp3) is 0.333. The van der Waals surface area contributed by atoms with Gasteiger partial charge in [0.1, 0.15) is 10.7 Å². The molecular formula is C12H14N4O3S2. The van der Waals surface area contributed by atoms with Crippen molar-refractivity contribution in [3.8, 4) is 0 Å². The summed E-state index contributed by atoms with van der Waals surface area (Å²) in [5.41, 5.74) is 5.76. The number of nitrogens with two attached hydrogens (primary N) is 1. The molecule has 0 aliphatic heterocycles. The first-order chi connectivity index (χ1) is 10.0. The second kappa shape index (κ2) is 6.74. The Balaban J connectivity index is 2.01. The number of nitrogens with zero attached hydrogens (tertiary/aromatic N) is 2. The maximum atomic E-state index is 12.0. The molecule has 0 fully saturated rings. The number of carbonyl (C=O) groups excluding carboxylic acids is 1. The van der Waals surface area contributed by atoms with Crippen LogP contribution in [0.3, 0.4) is 0 Å². The van der Waals surface area contributed by atoms with Crippen LogP contribution in [0.15, 0.2) is 10.8 Å². The standard InChI is InChI=1S/C12H14N4O3S2/c1-6(11-16-8(5-21-11)12(18)19)14-10(17)7-4-20-9(15-7)2-3-13/h4-6H,2-3,13H2,1H3,(H,14,17)(H,18,19). The number of hydrogen-bond donors (Lipinski definition) is 3. The summed E-state index contributed by atoms with van der Waals surface area (Å²) in [5.74, 6) is -1.39. The first-order valence-electron chi connectivity index (χ1n) is 6.15. The van der Waals surface area contributed by atoms with Crippen LogP contribution in [0, 0.1) is 0 Å². The Kier molecular flexibility index (Phi) is 4.99. The van der Waals surface area contributed by atoms with E-state index in [0.717, 1.165) is 5.01 Å².